The Morgan fingerprint density at radius 1 is 1.17 bits per heavy atom. The van der Waals surface area contributed by atoms with Gasteiger partial charge in [-0.1, -0.05) is 26.7 Å². The Morgan fingerprint density at radius 2 is 1.67 bits per heavy atom. The normalized spacial score (nSPS) is 8.58. The number of hydrogen-bond acceptors (Lipinski definition) is 2. The molecule has 0 fully saturated rings. The van der Waals surface area contributed by atoms with Crippen molar-refractivity contribution in [3.8, 4) is 0 Å². The van der Waals surface area contributed by atoms with Crippen LogP contribution in [0.25, 0.3) is 0 Å². The van der Waals surface area contributed by atoms with E-state index in [4.69, 9.17) is 10.2 Å². The number of carbonyl (C=O) groups is 1. The van der Waals surface area contributed by atoms with E-state index in [9.17, 15) is 4.79 Å². The zero-order valence-electron chi connectivity index (χ0n) is 8.05. The zero-order valence-corrected chi connectivity index (χ0v) is 8.05. The van der Waals surface area contributed by atoms with Gasteiger partial charge in [-0.3, -0.25) is 4.79 Å². The standard InChI is InChI=1S/C5H10O2.C4H10O/c1-2-3-4-5(6)7;1-2-3-4-5/h2-4H2,1H3,(H,6,7);5H,2-4H2,1H3. The molecule has 0 aromatic carbocycles. The molecule has 0 spiro atoms. The first kappa shape index (κ1) is 14.0. The van der Waals surface area contributed by atoms with Crippen LogP contribution in [0, 0.1) is 0 Å². The number of rotatable bonds is 5. The summed E-state index contributed by atoms with van der Waals surface area (Å²) in [6.45, 7) is 4.37. The van der Waals surface area contributed by atoms with Crippen LogP contribution in [0.3, 0.4) is 0 Å². The number of aliphatic carboxylic acids is 1. The van der Waals surface area contributed by atoms with Gasteiger partial charge >= 0.3 is 5.97 Å². The van der Waals surface area contributed by atoms with Gasteiger partial charge in [0, 0.05) is 13.0 Å². The Morgan fingerprint density at radius 3 is 1.75 bits per heavy atom. The van der Waals surface area contributed by atoms with Crippen LogP contribution in [0.4, 0.5) is 0 Å². The summed E-state index contributed by atoms with van der Waals surface area (Å²) >= 11 is 0. The summed E-state index contributed by atoms with van der Waals surface area (Å²) in [7, 11) is 0. The van der Waals surface area contributed by atoms with Crippen molar-refractivity contribution in [2.24, 2.45) is 0 Å². The molecule has 12 heavy (non-hydrogen) atoms. The molecule has 0 amide bonds. The third-order valence-corrected chi connectivity index (χ3v) is 1.26. The molecule has 0 aliphatic heterocycles. The monoisotopic (exact) mass is 176 g/mol. The Hall–Kier alpha value is -0.570. The van der Waals surface area contributed by atoms with Gasteiger partial charge in [0.2, 0.25) is 0 Å². The molecular weight excluding hydrogens is 156 g/mol. The van der Waals surface area contributed by atoms with E-state index >= 15 is 0 Å². The van der Waals surface area contributed by atoms with E-state index in [-0.39, 0.29) is 0 Å². The highest BCUT2D eigenvalue weighted by atomic mass is 16.4. The molecule has 0 heterocycles. The van der Waals surface area contributed by atoms with Gasteiger partial charge in [-0.25, -0.2) is 0 Å². The Labute approximate surface area is 74.4 Å². The highest BCUT2D eigenvalue weighted by Crippen LogP contribution is 1.91. The first-order chi connectivity index (χ1) is 5.68. The summed E-state index contributed by atoms with van der Waals surface area (Å²) in [5.41, 5.74) is 0. The summed E-state index contributed by atoms with van der Waals surface area (Å²) in [5.74, 6) is -0.693. The fraction of sp³-hybridized carbons (Fsp3) is 0.889. The molecule has 0 aliphatic rings. The Kier molecular flexibility index (Phi) is 15.2. The van der Waals surface area contributed by atoms with Crippen molar-refractivity contribution < 1.29 is 15.0 Å². The highest BCUT2D eigenvalue weighted by Gasteiger charge is 1.90. The average molecular weight is 176 g/mol. The molecule has 3 heteroatoms. The predicted molar refractivity (Wildman–Crippen MR) is 49.2 cm³/mol. The predicted octanol–water partition coefficient (Wildman–Crippen LogP) is 2.04. The van der Waals surface area contributed by atoms with Crippen molar-refractivity contribution in [2.75, 3.05) is 6.61 Å². The summed E-state index contributed by atoms with van der Waals surface area (Å²) < 4.78 is 0. The van der Waals surface area contributed by atoms with Gasteiger partial charge in [0.05, 0.1) is 0 Å². The van der Waals surface area contributed by atoms with Crippen LogP contribution in [0.2, 0.25) is 0 Å². The lowest BCUT2D eigenvalue weighted by Crippen LogP contribution is -1.91. The largest absolute Gasteiger partial charge is 0.481 e. The van der Waals surface area contributed by atoms with E-state index in [1.165, 1.54) is 0 Å². The summed E-state index contributed by atoms with van der Waals surface area (Å²) in [4.78, 5) is 9.76. The summed E-state index contributed by atoms with van der Waals surface area (Å²) in [5, 5.41) is 16.1. The molecular formula is C9H20O3. The number of unbranched alkanes of at least 4 members (excludes halogenated alkanes) is 2. The first-order valence-electron chi connectivity index (χ1n) is 4.51. The fourth-order valence-corrected chi connectivity index (χ4v) is 0.486. The summed E-state index contributed by atoms with van der Waals surface area (Å²) in [6, 6.07) is 0. The van der Waals surface area contributed by atoms with E-state index in [0.29, 0.717) is 13.0 Å². The minimum Gasteiger partial charge on any atom is -0.481 e. The van der Waals surface area contributed by atoms with Crippen LogP contribution >= 0.6 is 0 Å². The molecule has 0 saturated heterocycles. The van der Waals surface area contributed by atoms with Crippen LogP contribution in [0.1, 0.15) is 46.0 Å². The van der Waals surface area contributed by atoms with Crippen molar-refractivity contribution in [3.63, 3.8) is 0 Å². The Bertz CT molecular complexity index is 89.8. The first-order valence-corrected chi connectivity index (χ1v) is 4.51. The third kappa shape index (κ3) is 22.7. The van der Waals surface area contributed by atoms with E-state index in [1.807, 2.05) is 6.92 Å². The van der Waals surface area contributed by atoms with E-state index in [0.717, 1.165) is 25.7 Å². The smallest absolute Gasteiger partial charge is 0.303 e. The molecule has 0 saturated carbocycles. The van der Waals surface area contributed by atoms with Crippen molar-refractivity contribution >= 4 is 5.97 Å². The van der Waals surface area contributed by atoms with Crippen LogP contribution in [-0.2, 0) is 4.79 Å². The van der Waals surface area contributed by atoms with Crippen LogP contribution in [0.15, 0.2) is 0 Å². The second-order valence-electron chi connectivity index (χ2n) is 2.57. The molecule has 2 N–H and O–H groups in total. The number of aliphatic hydroxyl groups excluding tert-OH is 1. The number of hydrogen-bond donors (Lipinski definition) is 2. The lowest BCUT2D eigenvalue weighted by atomic mass is 10.3. The molecule has 0 atom stereocenters. The van der Waals surface area contributed by atoms with Gasteiger partial charge in [0.1, 0.15) is 0 Å². The maximum atomic E-state index is 9.76. The Balaban J connectivity index is 0. The van der Waals surface area contributed by atoms with Crippen molar-refractivity contribution in [3.05, 3.63) is 0 Å². The van der Waals surface area contributed by atoms with Gasteiger partial charge in [-0.15, -0.1) is 0 Å². The fourth-order valence-electron chi connectivity index (χ4n) is 0.486. The zero-order chi connectivity index (χ0) is 9.82. The van der Waals surface area contributed by atoms with E-state index in [2.05, 4.69) is 6.92 Å². The van der Waals surface area contributed by atoms with E-state index < -0.39 is 5.97 Å². The van der Waals surface area contributed by atoms with Crippen LogP contribution in [-0.4, -0.2) is 22.8 Å². The molecule has 0 aromatic rings. The maximum absolute atomic E-state index is 9.76. The molecule has 0 radical (unpaired) electrons. The second-order valence-corrected chi connectivity index (χ2v) is 2.57. The molecule has 0 aromatic heterocycles. The maximum Gasteiger partial charge on any atom is 0.303 e. The van der Waals surface area contributed by atoms with Gasteiger partial charge in [0.15, 0.2) is 0 Å². The van der Waals surface area contributed by atoms with Crippen LogP contribution in [0.5, 0.6) is 0 Å². The molecule has 0 aliphatic carbocycles. The van der Waals surface area contributed by atoms with Gasteiger partial charge in [0.25, 0.3) is 0 Å². The number of carboxylic acids is 1. The van der Waals surface area contributed by atoms with Gasteiger partial charge < -0.3 is 10.2 Å². The topological polar surface area (TPSA) is 57.5 Å². The lowest BCUT2D eigenvalue weighted by Gasteiger charge is -1.85. The minimum absolute atomic E-state index is 0.316. The SMILES string of the molecule is CCCCC(=O)O.CCCCO. The molecule has 0 rings (SSSR count). The summed E-state index contributed by atoms with van der Waals surface area (Å²) in [6.07, 6.45) is 4.12. The average Bonchev–Trinajstić information content (AvgIpc) is 2.03. The number of aliphatic hydroxyl groups is 1. The van der Waals surface area contributed by atoms with Gasteiger partial charge in [-0.2, -0.15) is 0 Å². The van der Waals surface area contributed by atoms with Gasteiger partial charge in [-0.05, 0) is 12.8 Å². The molecule has 74 valence electrons. The second kappa shape index (κ2) is 13.1. The van der Waals surface area contributed by atoms with Crippen molar-refractivity contribution in [1.82, 2.24) is 0 Å². The van der Waals surface area contributed by atoms with Crippen LogP contribution < -0.4 is 0 Å². The third-order valence-electron chi connectivity index (χ3n) is 1.26. The molecule has 3 nitrogen and oxygen atoms in total. The molecule has 0 bridgehead atoms. The highest BCUT2D eigenvalue weighted by molar-refractivity contribution is 5.66. The van der Waals surface area contributed by atoms with Crippen molar-refractivity contribution in [2.45, 2.75) is 46.0 Å². The quantitative estimate of drug-likeness (QED) is 0.674. The lowest BCUT2D eigenvalue weighted by molar-refractivity contribution is -0.137. The van der Waals surface area contributed by atoms with Crippen molar-refractivity contribution in [1.29, 1.82) is 0 Å². The minimum atomic E-state index is -0.693. The molecule has 0 unspecified atom stereocenters. The van der Waals surface area contributed by atoms with E-state index in [1.54, 1.807) is 0 Å². The number of carboxylic acid groups (broad SMARTS) is 1.